The summed E-state index contributed by atoms with van der Waals surface area (Å²) in [7, 11) is 0. The number of carboxylic acid groups (broad SMARTS) is 1. The predicted octanol–water partition coefficient (Wildman–Crippen LogP) is 2.93. The van der Waals surface area contributed by atoms with E-state index in [0.717, 1.165) is 22.3 Å². The van der Waals surface area contributed by atoms with Gasteiger partial charge in [-0.1, -0.05) is 59.7 Å². The lowest BCUT2D eigenvalue weighted by Crippen LogP contribution is -2.37. The average Bonchev–Trinajstić information content (AvgIpc) is 2.64. The molecular weight excluding hydrogens is 368 g/mol. The van der Waals surface area contributed by atoms with Crippen LogP contribution in [-0.2, 0) is 20.8 Å². The molecule has 0 radical (unpaired) electrons. The molecule has 2 aromatic carbocycles. The molecule has 2 amide bonds. The smallest absolute Gasteiger partial charge is 0.308 e. The summed E-state index contributed by atoms with van der Waals surface area (Å²) in [5, 5.41) is 15.0. The van der Waals surface area contributed by atoms with Crippen LogP contribution in [0.1, 0.15) is 41.6 Å². The van der Waals surface area contributed by atoms with Crippen LogP contribution >= 0.6 is 0 Å². The van der Waals surface area contributed by atoms with E-state index >= 15 is 0 Å². The fourth-order valence-corrected chi connectivity index (χ4v) is 3.16. The Bertz CT molecular complexity index is 861. The number of hydrogen-bond acceptors (Lipinski definition) is 3. The number of carboxylic acids is 1. The van der Waals surface area contributed by atoms with Crippen LogP contribution in [0.2, 0.25) is 0 Å². The summed E-state index contributed by atoms with van der Waals surface area (Å²) in [6.07, 6.45) is 0.379. The Morgan fingerprint density at radius 2 is 1.69 bits per heavy atom. The van der Waals surface area contributed by atoms with Crippen molar-refractivity contribution in [1.82, 2.24) is 10.6 Å². The molecule has 2 rings (SSSR count). The van der Waals surface area contributed by atoms with Crippen LogP contribution in [0.4, 0.5) is 0 Å². The van der Waals surface area contributed by atoms with Crippen molar-refractivity contribution in [2.45, 2.75) is 39.7 Å². The Balaban J connectivity index is 1.99. The fourth-order valence-electron chi connectivity index (χ4n) is 3.16. The number of amides is 2. The van der Waals surface area contributed by atoms with E-state index in [1.807, 2.05) is 62.4 Å². The zero-order chi connectivity index (χ0) is 21.4. The van der Waals surface area contributed by atoms with Crippen molar-refractivity contribution < 1.29 is 19.5 Å². The predicted molar refractivity (Wildman–Crippen MR) is 111 cm³/mol. The highest BCUT2D eigenvalue weighted by Crippen LogP contribution is 2.18. The number of hydrogen-bond donors (Lipinski definition) is 3. The van der Waals surface area contributed by atoms with Crippen molar-refractivity contribution in [2.24, 2.45) is 5.92 Å². The van der Waals surface area contributed by atoms with Crippen molar-refractivity contribution in [3.63, 3.8) is 0 Å². The molecule has 2 unspecified atom stereocenters. The van der Waals surface area contributed by atoms with E-state index < -0.39 is 17.9 Å². The van der Waals surface area contributed by atoms with Gasteiger partial charge in [0.05, 0.1) is 18.4 Å². The van der Waals surface area contributed by atoms with Crippen LogP contribution in [0, 0.1) is 19.8 Å². The molecule has 2 aromatic rings. The first-order chi connectivity index (χ1) is 13.7. The molecule has 0 aliphatic heterocycles. The van der Waals surface area contributed by atoms with Gasteiger partial charge in [-0.05, 0) is 31.4 Å². The third kappa shape index (κ3) is 7.41. The number of carbonyl (C=O) groups is 3. The summed E-state index contributed by atoms with van der Waals surface area (Å²) in [6, 6.07) is 14.8. The van der Waals surface area contributed by atoms with Crippen molar-refractivity contribution in [2.75, 3.05) is 6.54 Å². The largest absolute Gasteiger partial charge is 0.481 e. The summed E-state index contributed by atoms with van der Waals surface area (Å²) in [6.45, 7) is 5.35. The van der Waals surface area contributed by atoms with Crippen LogP contribution in [0.15, 0.2) is 48.5 Å². The Kier molecular flexibility index (Phi) is 7.95. The lowest BCUT2D eigenvalue weighted by atomic mass is 9.97. The van der Waals surface area contributed by atoms with E-state index in [0.29, 0.717) is 6.42 Å². The zero-order valence-electron chi connectivity index (χ0n) is 17.1. The molecule has 29 heavy (non-hydrogen) atoms. The summed E-state index contributed by atoms with van der Waals surface area (Å²) in [5.41, 5.74) is 3.89. The minimum atomic E-state index is -0.955. The molecule has 0 spiro atoms. The first kappa shape index (κ1) is 22.1. The van der Waals surface area contributed by atoms with Crippen molar-refractivity contribution in [3.05, 3.63) is 70.8 Å². The second kappa shape index (κ2) is 10.4. The summed E-state index contributed by atoms with van der Waals surface area (Å²) < 4.78 is 0. The van der Waals surface area contributed by atoms with Gasteiger partial charge in [0.2, 0.25) is 11.8 Å². The van der Waals surface area contributed by atoms with E-state index in [2.05, 4.69) is 10.6 Å². The molecule has 154 valence electrons. The molecule has 2 atom stereocenters. The van der Waals surface area contributed by atoms with Gasteiger partial charge in [0.25, 0.3) is 0 Å². The lowest BCUT2D eigenvalue weighted by molar-refractivity contribution is -0.141. The fraction of sp³-hybridized carbons (Fsp3) is 0.348. The first-order valence-electron chi connectivity index (χ1n) is 9.63. The Labute approximate surface area is 171 Å². The van der Waals surface area contributed by atoms with Crippen molar-refractivity contribution in [1.29, 1.82) is 0 Å². The SMILES string of the molecule is CC(=O)NC(CC(=O)NCC(Cc1cccc(C)c1)C(=O)O)c1ccc(C)cc1. The van der Waals surface area contributed by atoms with Gasteiger partial charge < -0.3 is 15.7 Å². The average molecular weight is 396 g/mol. The van der Waals surface area contributed by atoms with E-state index in [4.69, 9.17) is 0 Å². The molecule has 6 nitrogen and oxygen atoms in total. The molecule has 0 saturated carbocycles. The van der Waals surface area contributed by atoms with Crippen LogP contribution in [-0.4, -0.2) is 29.4 Å². The highest BCUT2D eigenvalue weighted by atomic mass is 16.4. The quantitative estimate of drug-likeness (QED) is 0.607. The van der Waals surface area contributed by atoms with E-state index in [-0.39, 0.29) is 24.8 Å². The van der Waals surface area contributed by atoms with Gasteiger partial charge in [-0.3, -0.25) is 14.4 Å². The molecular formula is C23H28N2O4. The third-order valence-corrected chi connectivity index (χ3v) is 4.71. The third-order valence-electron chi connectivity index (χ3n) is 4.71. The number of benzene rings is 2. The van der Waals surface area contributed by atoms with Crippen molar-refractivity contribution in [3.8, 4) is 0 Å². The monoisotopic (exact) mass is 396 g/mol. The Hall–Kier alpha value is -3.15. The molecule has 0 aliphatic carbocycles. The number of nitrogens with one attached hydrogen (secondary N) is 2. The van der Waals surface area contributed by atoms with Crippen LogP contribution in [0.5, 0.6) is 0 Å². The summed E-state index contributed by atoms with van der Waals surface area (Å²) in [5.74, 6) is -2.21. The molecule has 0 aliphatic rings. The maximum Gasteiger partial charge on any atom is 0.308 e. The van der Waals surface area contributed by atoms with Gasteiger partial charge in [0.1, 0.15) is 0 Å². The topological polar surface area (TPSA) is 95.5 Å². The number of carbonyl (C=O) groups excluding carboxylic acids is 2. The number of aliphatic carboxylic acids is 1. The van der Waals surface area contributed by atoms with E-state index in [9.17, 15) is 19.5 Å². The van der Waals surface area contributed by atoms with Gasteiger partial charge in [-0.15, -0.1) is 0 Å². The van der Waals surface area contributed by atoms with E-state index in [1.54, 1.807) is 0 Å². The van der Waals surface area contributed by atoms with Crippen LogP contribution in [0.25, 0.3) is 0 Å². The van der Waals surface area contributed by atoms with Gasteiger partial charge >= 0.3 is 5.97 Å². The maximum atomic E-state index is 12.5. The van der Waals surface area contributed by atoms with Gasteiger partial charge in [0.15, 0.2) is 0 Å². The Morgan fingerprint density at radius 1 is 1.00 bits per heavy atom. The second-order valence-electron chi connectivity index (χ2n) is 7.40. The first-order valence-corrected chi connectivity index (χ1v) is 9.63. The Morgan fingerprint density at radius 3 is 2.28 bits per heavy atom. The molecule has 0 bridgehead atoms. The summed E-state index contributed by atoms with van der Waals surface area (Å²) >= 11 is 0. The number of rotatable bonds is 9. The van der Waals surface area contributed by atoms with E-state index in [1.165, 1.54) is 6.92 Å². The molecule has 3 N–H and O–H groups in total. The molecule has 0 heterocycles. The van der Waals surface area contributed by atoms with Crippen LogP contribution in [0.3, 0.4) is 0 Å². The van der Waals surface area contributed by atoms with Crippen molar-refractivity contribution >= 4 is 17.8 Å². The number of aryl methyl sites for hydroxylation is 2. The summed E-state index contributed by atoms with van der Waals surface area (Å²) in [4.78, 5) is 35.6. The highest BCUT2D eigenvalue weighted by Gasteiger charge is 2.21. The lowest BCUT2D eigenvalue weighted by Gasteiger charge is -2.19. The molecule has 6 heteroatoms. The van der Waals surface area contributed by atoms with Crippen LogP contribution < -0.4 is 10.6 Å². The van der Waals surface area contributed by atoms with Gasteiger partial charge in [0, 0.05) is 13.5 Å². The minimum Gasteiger partial charge on any atom is -0.481 e. The minimum absolute atomic E-state index is 0.0306. The normalized spacial score (nSPS) is 12.7. The molecule has 0 fully saturated rings. The second-order valence-corrected chi connectivity index (χ2v) is 7.40. The van der Waals surface area contributed by atoms with Gasteiger partial charge in [-0.2, -0.15) is 0 Å². The zero-order valence-corrected chi connectivity index (χ0v) is 17.1. The van der Waals surface area contributed by atoms with Gasteiger partial charge in [-0.25, -0.2) is 0 Å². The highest BCUT2D eigenvalue weighted by molar-refractivity contribution is 5.80. The molecule has 0 aromatic heterocycles. The molecule has 0 saturated heterocycles. The standard InChI is InChI=1S/C23H28N2O4/c1-15-7-9-19(10-8-15)21(25-17(3)26)13-22(27)24-14-20(23(28)29)12-18-6-4-5-16(2)11-18/h4-11,20-21H,12-14H2,1-3H3,(H,24,27)(H,25,26)(H,28,29). The maximum absolute atomic E-state index is 12.5.